The highest BCUT2D eigenvalue weighted by molar-refractivity contribution is 8.05. The molecule has 0 radical (unpaired) electrons. The van der Waals surface area contributed by atoms with Gasteiger partial charge in [0.05, 0.1) is 0 Å². The molecular weight excluding hydrogens is 280 g/mol. The average Bonchev–Trinajstić information content (AvgIpc) is 2.71. The van der Waals surface area contributed by atoms with Gasteiger partial charge in [-0.3, -0.25) is 0 Å². The van der Waals surface area contributed by atoms with E-state index in [1.807, 2.05) is 0 Å². The summed E-state index contributed by atoms with van der Waals surface area (Å²) >= 11 is 5.70. The van der Waals surface area contributed by atoms with E-state index in [0.717, 1.165) is 0 Å². The minimum absolute atomic E-state index is 0.0241. The van der Waals surface area contributed by atoms with Gasteiger partial charge in [-0.2, -0.15) is 5.10 Å². The Morgan fingerprint density at radius 3 is 2.61 bits per heavy atom. The van der Waals surface area contributed by atoms with E-state index in [2.05, 4.69) is 15.2 Å². The lowest BCUT2D eigenvalue weighted by molar-refractivity contribution is 0.0123. The maximum atomic E-state index is 12.1. The van der Waals surface area contributed by atoms with Crippen molar-refractivity contribution >= 4 is 26.5 Å². The van der Waals surface area contributed by atoms with Crippen molar-refractivity contribution in [3.63, 3.8) is 0 Å². The number of hydrogen-bond acceptors (Lipinski definition) is 6. The first-order chi connectivity index (χ1) is 8.20. The molecule has 2 heterocycles. The SMILES string of the molecule is Cn1nc(CS(=O)(=O)C2=NOC(C)(C)C2)nc1Cl. The molecule has 1 aromatic heterocycles. The molecule has 0 aromatic carbocycles. The first kappa shape index (κ1) is 13.3. The van der Waals surface area contributed by atoms with Crippen LogP contribution in [0.1, 0.15) is 26.1 Å². The summed E-state index contributed by atoms with van der Waals surface area (Å²) in [5.41, 5.74) is -0.586. The molecule has 0 atom stereocenters. The van der Waals surface area contributed by atoms with E-state index < -0.39 is 15.4 Å². The molecule has 9 heteroatoms. The molecule has 0 spiro atoms. The summed E-state index contributed by atoms with van der Waals surface area (Å²) in [5, 5.41) is 7.69. The Balaban J connectivity index is 2.18. The van der Waals surface area contributed by atoms with Crippen LogP contribution in [0.5, 0.6) is 0 Å². The minimum atomic E-state index is -3.56. The zero-order chi connectivity index (χ0) is 13.6. The molecule has 18 heavy (non-hydrogen) atoms. The maximum absolute atomic E-state index is 12.1. The van der Waals surface area contributed by atoms with E-state index in [1.165, 1.54) is 4.68 Å². The number of aryl methyl sites for hydroxylation is 1. The van der Waals surface area contributed by atoms with Crippen molar-refractivity contribution in [1.82, 2.24) is 14.8 Å². The van der Waals surface area contributed by atoms with Gasteiger partial charge in [0.15, 0.2) is 10.9 Å². The van der Waals surface area contributed by atoms with Crippen LogP contribution in [0.15, 0.2) is 5.16 Å². The van der Waals surface area contributed by atoms with Crippen molar-refractivity contribution in [3.8, 4) is 0 Å². The Morgan fingerprint density at radius 2 is 2.17 bits per heavy atom. The van der Waals surface area contributed by atoms with E-state index >= 15 is 0 Å². The fourth-order valence-corrected chi connectivity index (χ4v) is 2.98. The monoisotopic (exact) mass is 292 g/mol. The largest absolute Gasteiger partial charge is 0.389 e. The highest BCUT2D eigenvalue weighted by atomic mass is 35.5. The molecule has 0 saturated heterocycles. The number of sulfone groups is 1. The predicted octanol–water partition coefficient (Wildman–Crippen LogP) is 0.896. The van der Waals surface area contributed by atoms with Crippen LogP contribution in [-0.4, -0.2) is 33.8 Å². The van der Waals surface area contributed by atoms with E-state index in [0.29, 0.717) is 0 Å². The summed E-state index contributed by atoms with van der Waals surface area (Å²) in [4.78, 5) is 8.89. The van der Waals surface area contributed by atoms with Crippen molar-refractivity contribution in [2.75, 3.05) is 0 Å². The first-order valence-corrected chi connectivity index (χ1v) is 7.26. The Morgan fingerprint density at radius 1 is 1.50 bits per heavy atom. The van der Waals surface area contributed by atoms with Crippen LogP contribution in [0, 0.1) is 0 Å². The van der Waals surface area contributed by atoms with Gasteiger partial charge in [-0.05, 0) is 25.4 Å². The van der Waals surface area contributed by atoms with Crippen LogP contribution in [0.2, 0.25) is 5.28 Å². The maximum Gasteiger partial charge on any atom is 0.220 e. The summed E-state index contributed by atoms with van der Waals surface area (Å²) in [5.74, 6) is -0.179. The Labute approximate surface area is 110 Å². The highest BCUT2D eigenvalue weighted by Gasteiger charge is 2.36. The second-order valence-electron chi connectivity index (χ2n) is 4.69. The second kappa shape index (κ2) is 4.20. The molecule has 0 amide bonds. The molecule has 0 unspecified atom stereocenters. The Kier molecular flexibility index (Phi) is 3.10. The van der Waals surface area contributed by atoms with E-state index in [1.54, 1.807) is 20.9 Å². The molecule has 0 N–H and O–H groups in total. The third-order valence-electron chi connectivity index (χ3n) is 2.40. The van der Waals surface area contributed by atoms with Crippen LogP contribution in [0.4, 0.5) is 0 Å². The van der Waals surface area contributed by atoms with Crippen LogP contribution in [0.25, 0.3) is 0 Å². The number of oxime groups is 1. The summed E-state index contributed by atoms with van der Waals surface area (Å²) in [6.07, 6.45) is 0.246. The van der Waals surface area contributed by atoms with Gasteiger partial charge >= 0.3 is 0 Å². The average molecular weight is 293 g/mol. The highest BCUT2D eigenvalue weighted by Crippen LogP contribution is 2.25. The fourth-order valence-electron chi connectivity index (χ4n) is 1.50. The van der Waals surface area contributed by atoms with Gasteiger partial charge in [-0.15, -0.1) is 0 Å². The zero-order valence-corrected chi connectivity index (χ0v) is 11.8. The lowest BCUT2D eigenvalue weighted by Gasteiger charge is -2.12. The van der Waals surface area contributed by atoms with Crippen molar-refractivity contribution in [2.45, 2.75) is 31.6 Å². The summed E-state index contributed by atoms with van der Waals surface area (Å²) in [6.45, 7) is 3.55. The molecule has 0 fully saturated rings. The third kappa shape index (κ3) is 2.64. The molecule has 0 bridgehead atoms. The number of aromatic nitrogens is 3. The molecule has 1 aliphatic rings. The topological polar surface area (TPSA) is 86.4 Å². The van der Waals surface area contributed by atoms with E-state index in [9.17, 15) is 8.42 Å². The van der Waals surface area contributed by atoms with Gasteiger partial charge in [0.25, 0.3) is 0 Å². The molecule has 1 aliphatic heterocycles. The van der Waals surface area contributed by atoms with Gasteiger partial charge in [0, 0.05) is 13.5 Å². The van der Waals surface area contributed by atoms with Crippen LogP contribution < -0.4 is 0 Å². The van der Waals surface area contributed by atoms with Gasteiger partial charge in [-0.1, -0.05) is 5.16 Å². The Hall–Kier alpha value is -1.15. The number of rotatable bonds is 2. The molecule has 2 rings (SSSR count). The molecule has 100 valence electrons. The second-order valence-corrected chi connectivity index (χ2v) is 7.02. The fraction of sp³-hybridized carbons (Fsp3) is 0.667. The normalized spacial score (nSPS) is 18.6. The lowest BCUT2D eigenvalue weighted by atomic mass is 10.1. The van der Waals surface area contributed by atoms with Crippen molar-refractivity contribution < 1.29 is 13.3 Å². The van der Waals surface area contributed by atoms with Crippen LogP contribution >= 0.6 is 11.6 Å². The quantitative estimate of drug-likeness (QED) is 0.808. The summed E-state index contributed by atoms with van der Waals surface area (Å²) < 4.78 is 25.4. The minimum Gasteiger partial charge on any atom is -0.389 e. The van der Waals surface area contributed by atoms with Crippen LogP contribution in [0.3, 0.4) is 0 Å². The van der Waals surface area contributed by atoms with Crippen molar-refractivity contribution in [3.05, 3.63) is 11.1 Å². The molecule has 7 nitrogen and oxygen atoms in total. The third-order valence-corrected chi connectivity index (χ3v) is 4.31. The van der Waals surface area contributed by atoms with Crippen LogP contribution in [-0.2, 0) is 27.5 Å². The number of halogens is 1. The molecule has 1 aromatic rings. The molecule has 0 saturated carbocycles. The Bertz CT molecular complexity index is 586. The lowest BCUT2D eigenvalue weighted by Crippen LogP contribution is -2.23. The van der Waals surface area contributed by atoms with Crippen molar-refractivity contribution in [2.24, 2.45) is 12.2 Å². The van der Waals surface area contributed by atoms with Crippen molar-refractivity contribution in [1.29, 1.82) is 0 Å². The van der Waals surface area contributed by atoms with E-state index in [-0.39, 0.29) is 28.3 Å². The standard InChI is InChI=1S/C9H13ClN4O3S/c1-9(2)4-7(13-17-9)18(15,16)5-6-11-8(10)14(3)12-6/h4-5H2,1-3H3. The van der Waals surface area contributed by atoms with E-state index in [4.69, 9.17) is 16.4 Å². The number of nitrogens with zero attached hydrogens (tertiary/aromatic N) is 4. The van der Waals surface area contributed by atoms with Gasteiger partial charge in [0.1, 0.15) is 11.4 Å². The smallest absolute Gasteiger partial charge is 0.220 e. The predicted molar refractivity (Wildman–Crippen MR) is 65.9 cm³/mol. The summed E-state index contributed by atoms with van der Waals surface area (Å²) in [7, 11) is -1.97. The molecular formula is C9H13ClN4O3S. The van der Waals surface area contributed by atoms with Gasteiger partial charge in [-0.25, -0.2) is 18.1 Å². The first-order valence-electron chi connectivity index (χ1n) is 5.23. The zero-order valence-electron chi connectivity index (χ0n) is 10.2. The number of hydrogen-bond donors (Lipinski definition) is 0. The summed E-state index contributed by atoms with van der Waals surface area (Å²) in [6, 6.07) is 0. The molecule has 0 aliphatic carbocycles. The van der Waals surface area contributed by atoms with Gasteiger partial charge in [0.2, 0.25) is 15.1 Å². The van der Waals surface area contributed by atoms with Gasteiger partial charge < -0.3 is 4.84 Å².